The normalized spacial score (nSPS) is 11.0. The summed E-state index contributed by atoms with van der Waals surface area (Å²) in [5.74, 6) is 0.171. The first-order valence-electron chi connectivity index (χ1n) is 6.93. The van der Waals surface area contributed by atoms with Gasteiger partial charge >= 0.3 is 0 Å². The molecule has 0 atom stereocenters. The molecule has 0 aliphatic rings. The molecule has 6 heteroatoms. The van der Waals surface area contributed by atoms with Gasteiger partial charge in [-0.3, -0.25) is 0 Å². The number of imidazole rings is 1. The van der Waals surface area contributed by atoms with Crippen LogP contribution in [-0.4, -0.2) is 27.8 Å². The Balaban J connectivity index is 2.06. The molecule has 0 aliphatic heterocycles. The number of aromatic nitrogens is 2. The standard InChI is InChI=1S/C16H15ClFN3O/c17-12-5-3-4-11(15(12)18)10-21-14-7-2-1-6-13(14)20-16(21)19-8-9-22/h1-7,22H,8-10H2,(H,19,20). The summed E-state index contributed by atoms with van der Waals surface area (Å²) in [5, 5.41) is 12.1. The van der Waals surface area contributed by atoms with Gasteiger partial charge in [-0.1, -0.05) is 35.9 Å². The van der Waals surface area contributed by atoms with E-state index in [9.17, 15) is 4.39 Å². The fourth-order valence-corrected chi connectivity index (χ4v) is 2.57. The van der Waals surface area contributed by atoms with Gasteiger partial charge in [0.05, 0.1) is 29.2 Å². The second kappa shape index (κ2) is 6.34. The number of rotatable bonds is 5. The van der Waals surface area contributed by atoms with Crippen molar-refractivity contribution in [1.82, 2.24) is 9.55 Å². The number of para-hydroxylation sites is 2. The van der Waals surface area contributed by atoms with Gasteiger partial charge in [0.15, 0.2) is 0 Å². The Hall–Kier alpha value is -2.11. The van der Waals surface area contributed by atoms with Crippen LogP contribution in [0.1, 0.15) is 5.56 Å². The Morgan fingerprint density at radius 2 is 2.00 bits per heavy atom. The molecule has 0 aliphatic carbocycles. The second-order valence-electron chi connectivity index (χ2n) is 4.87. The van der Waals surface area contributed by atoms with Crippen LogP contribution < -0.4 is 5.32 Å². The minimum Gasteiger partial charge on any atom is -0.395 e. The Morgan fingerprint density at radius 3 is 2.82 bits per heavy atom. The average Bonchev–Trinajstić information content (AvgIpc) is 2.88. The van der Waals surface area contributed by atoms with Crippen molar-refractivity contribution in [2.45, 2.75) is 6.54 Å². The van der Waals surface area contributed by atoms with E-state index < -0.39 is 5.82 Å². The number of anilines is 1. The smallest absolute Gasteiger partial charge is 0.204 e. The molecule has 4 nitrogen and oxygen atoms in total. The number of aliphatic hydroxyl groups excluding tert-OH is 1. The predicted molar refractivity (Wildman–Crippen MR) is 85.8 cm³/mol. The van der Waals surface area contributed by atoms with Crippen LogP contribution in [0.2, 0.25) is 5.02 Å². The second-order valence-corrected chi connectivity index (χ2v) is 5.28. The lowest BCUT2D eigenvalue weighted by Crippen LogP contribution is -2.12. The highest BCUT2D eigenvalue weighted by Crippen LogP contribution is 2.24. The van der Waals surface area contributed by atoms with Gasteiger partial charge in [0.25, 0.3) is 0 Å². The minimum atomic E-state index is -0.421. The van der Waals surface area contributed by atoms with E-state index in [0.717, 1.165) is 11.0 Å². The molecular formula is C16H15ClFN3O. The summed E-state index contributed by atoms with van der Waals surface area (Å²) >= 11 is 5.85. The molecule has 22 heavy (non-hydrogen) atoms. The average molecular weight is 320 g/mol. The molecule has 3 rings (SSSR count). The number of nitrogens with one attached hydrogen (secondary N) is 1. The third-order valence-electron chi connectivity index (χ3n) is 3.41. The fourth-order valence-electron chi connectivity index (χ4n) is 2.38. The first-order chi connectivity index (χ1) is 10.7. The van der Waals surface area contributed by atoms with Crippen molar-refractivity contribution in [1.29, 1.82) is 0 Å². The first-order valence-corrected chi connectivity index (χ1v) is 7.31. The zero-order valence-corrected chi connectivity index (χ0v) is 12.5. The largest absolute Gasteiger partial charge is 0.395 e. The molecule has 0 spiro atoms. The van der Waals surface area contributed by atoms with Gasteiger partial charge in [0.1, 0.15) is 5.82 Å². The summed E-state index contributed by atoms with van der Waals surface area (Å²) in [4.78, 5) is 4.48. The number of fused-ring (bicyclic) bond motifs is 1. The fraction of sp³-hybridized carbons (Fsp3) is 0.188. The molecule has 0 unspecified atom stereocenters. The highest BCUT2D eigenvalue weighted by atomic mass is 35.5. The Morgan fingerprint density at radius 1 is 1.18 bits per heavy atom. The topological polar surface area (TPSA) is 50.1 Å². The number of aliphatic hydroxyl groups is 1. The predicted octanol–water partition coefficient (Wildman–Crippen LogP) is 3.28. The van der Waals surface area contributed by atoms with Crippen LogP contribution in [0.3, 0.4) is 0 Å². The number of hydrogen-bond acceptors (Lipinski definition) is 3. The van der Waals surface area contributed by atoms with Gasteiger partial charge in [0.2, 0.25) is 5.95 Å². The molecule has 3 aromatic rings. The lowest BCUT2D eigenvalue weighted by atomic mass is 10.2. The van der Waals surface area contributed by atoms with Crippen molar-refractivity contribution in [3.05, 3.63) is 58.9 Å². The van der Waals surface area contributed by atoms with Crippen molar-refractivity contribution in [3.63, 3.8) is 0 Å². The van der Waals surface area contributed by atoms with Gasteiger partial charge in [-0.15, -0.1) is 0 Å². The first kappa shape index (κ1) is 14.8. The van der Waals surface area contributed by atoms with E-state index in [4.69, 9.17) is 16.7 Å². The number of halogens is 2. The maximum absolute atomic E-state index is 14.2. The monoisotopic (exact) mass is 319 g/mol. The molecule has 1 heterocycles. The molecule has 0 bridgehead atoms. The Bertz CT molecular complexity index is 803. The van der Waals surface area contributed by atoms with Crippen molar-refractivity contribution >= 4 is 28.6 Å². The van der Waals surface area contributed by atoms with Crippen molar-refractivity contribution in [2.24, 2.45) is 0 Å². The van der Waals surface area contributed by atoms with Crippen molar-refractivity contribution in [2.75, 3.05) is 18.5 Å². The summed E-state index contributed by atoms with van der Waals surface area (Å²) < 4.78 is 16.0. The molecule has 0 saturated heterocycles. The van der Waals surface area contributed by atoms with Crippen LogP contribution in [-0.2, 0) is 6.54 Å². The van der Waals surface area contributed by atoms with Crippen LogP contribution in [0, 0.1) is 5.82 Å². The molecule has 2 N–H and O–H groups in total. The van der Waals surface area contributed by atoms with Crippen LogP contribution in [0.25, 0.3) is 11.0 Å². The number of benzene rings is 2. The molecule has 114 valence electrons. The zero-order chi connectivity index (χ0) is 15.5. The molecule has 0 fully saturated rings. The Kier molecular flexibility index (Phi) is 4.27. The lowest BCUT2D eigenvalue weighted by Gasteiger charge is -2.11. The molecule has 1 aromatic heterocycles. The molecule has 2 aromatic carbocycles. The minimum absolute atomic E-state index is 0.00523. The third-order valence-corrected chi connectivity index (χ3v) is 3.70. The Labute approximate surface area is 132 Å². The number of nitrogens with zero attached hydrogens (tertiary/aromatic N) is 2. The van der Waals surface area contributed by atoms with Gasteiger partial charge in [-0.2, -0.15) is 0 Å². The molecular weight excluding hydrogens is 305 g/mol. The lowest BCUT2D eigenvalue weighted by molar-refractivity contribution is 0.310. The molecule has 0 saturated carbocycles. The van der Waals surface area contributed by atoms with Crippen LogP contribution >= 0.6 is 11.6 Å². The highest BCUT2D eigenvalue weighted by Gasteiger charge is 2.13. The highest BCUT2D eigenvalue weighted by molar-refractivity contribution is 6.30. The van der Waals surface area contributed by atoms with Gasteiger partial charge in [-0.25, -0.2) is 9.37 Å². The summed E-state index contributed by atoms with van der Waals surface area (Å²) in [6.45, 7) is 0.677. The van der Waals surface area contributed by atoms with E-state index in [1.807, 2.05) is 28.8 Å². The van der Waals surface area contributed by atoms with E-state index >= 15 is 0 Å². The van der Waals surface area contributed by atoms with Crippen LogP contribution in [0.4, 0.5) is 10.3 Å². The van der Waals surface area contributed by atoms with Gasteiger partial charge < -0.3 is 15.0 Å². The van der Waals surface area contributed by atoms with Crippen LogP contribution in [0.15, 0.2) is 42.5 Å². The van der Waals surface area contributed by atoms with E-state index in [1.54, 1.807) is 12.1 Å². The zero-order valence-electron chi connectivity index (χ0n) is 11.8. The third kappa shape index (κ3) is 2.77. The van der Waals surface area contributed by atoms with Crippen molar-refractivity contribution in [3.8, 4) is 0 Å². The molecule has 0 amide bonds. The van der Waals surface area contributed by atoms with E-state index in [1.165, 1.54) is 6.07 Å². The summed E-state index contributed by atoms with van der Waals surface area (Å²) in [6.07, 6.45) is 0. The summed E-state index contributed by atoms with van der Waals surface area (Å²) in [5.41, 5.74) is 2.19. The van der Waals surface area contributed by atoms with E-state index in [0.29, 0.717) is 24.6 Å². The van der Waals surface area contributed by atoms with Crippen molar-refractivity contribution < 1.29 is 9.50 Å². The summed E-state index contributed by atoms with van der Waals surface area (Å²) in [7, 11) is 0. The summed E-state index contributed by atoms with van der Waals surface area (Å²) in [6, 6.07) is 12.6. The SMILES string of the molecule is OCCNc1nc2ccccc2n1Cc1cccc(Cl)c1F. The van der Waals surface area contributed by atoms with Gasteiger partial charge in [0, 0.05) is 12.1 Å². The maximum atomic E-state index is 14.2. The maximum Gasteiger partial charge on any atom is 0.204 e. The van der Waals surface area contributed by atoms with Gasteiger partial charge in [-0.05, 0) is 18.2 Å². The van der Waals surface area contributed by atoms with E-state index in [-0.39, 0.29) is 11.6 Å². The quantitative estimate of drug-likeness (QED) is 0.759. The van der Waals surface area contributed by atoms with E-state index in [2.05, 4.69) is 10.3 Å². The number of hydrogen-bond donors (Lipinski definition) is 2. The van der Waals surface area contributed by atoms with Crippen LogP contribution in [0.5, 0.6) is 0 Å². The molecule has 0 radical (unpaired) electrons.